The molecule has 3 rings (SSSR count). The zero-order valence-electron chi connectivity index (χ0n) is 14.8. The van der Waals surface area contributed by atoms with E-state index in [1.54, 1.807) is 0 Å². The molecular formula is C19H31Cl2N3O. The largest absolute Gasteiger partial charge is 0.350 e. The Morgan fingerprint density at radius 2 is 1.68 bits per heavy atom. The molecule has 0 spiro atoms. The predicted molar refractivity (Wildman–Crippen MR) is 107 cm³/mol. The Morgan fingerprint density at radius 1 is 1.04 bits per heavy atom. The van der Waals surface area contributed by atoms with Crippen LogP contribution >= 0.6 is 24.8 Å². The van der Waals surface area contributed by atoms with Crippen LogP contribution in [0, 0.1) is 0 Å². The molecule has 4 nitrogen and oxygen atoms in total. The number of nitrogens with two attached hydrogens (primary N) is 1. The number of rotatable bonds is 5. The van der Waals surface area contributed by atoms with E-state index in [0.717, 1.165) is 37.8 Å². The molecule has 6 heteroatoms. The summed E-state index contributed by atoms with van der Waals surface area (Å²) in [5.74, 6) is 0.0159. The summed E-state index contributed by atoms with van der Waals surface area (Å²) in [6.45, 7) is 4.00. The van der Waals surface area contributed by atoms with Crippen molar-refractivity contribution < 1.29 is 4.79 Å². The lowest BCUT2D eigenvalue weighted by molar-refractivity contribution is -0.127. The van der Waals surface area contributed by atoms with Crippen LogP contribution in [0.5, 0.6) is 0 Å². The van der Waals surface area contributed by atoms with Gasteiger partial charge in [-0.1, -0.05) is 43.5 Å². The van der Waals surface area contributed by atoms with Gasteiger partial charge in [0.2, 0.25) is 5.91 Å². The van der Waals surface area contributed by atoms with Gasteiger partial charge in [0, 0.05) is 13.1 Å². The highest BCUT2D eigenvalue weighted by Gasteiger charge is 2.34. The van der Waals surface area contributed by atoms with Crippen molar-refractivity contribution in [2.45, 2.75) is 63.6 Å². The molecule has 0 aromatic heterocycles. The van der Waals surface area contributed by atoms with Gasteiger partial charge in [-0.2, -0.15) is 0 Å². The Balaban J connectivity index is 0.00000156. The number of amides is 1. The normalized spacial score (nSPS) is 19.6. The Morgan fingerprint density at radius 3 is 2.36 bits per heavy atom. The van der Waals surface area contributed by atoms with Crippen molar-refractivity contribution in [3.05, 3.63) is 35.4 Å². The van der Waals surface area contributed by atoms with Crippen molar-refractivity contribution in [2.75, 3.05) is 13.1 Å². The Bertz CT molecular complexity index is 541. The van der Waals surface area contributed by atoms with E-state index >= 15 is 0 Å². The van der Waals surface area contributed by atoms with Gasteiger partial charge in [-0.3, -0.25) is 9.69 Å². The number of hydrogen-bond acceptors (Lipinski definition) is 3. The number of nitrogens with one attached hydrogen (secondary N) is 1. The van der Waals surface area contributed by atoms with Crippen molar-refractivity contribution in [3.63, 3.8) is 0 Å². The number of hydrogen-bond donors (Lipinski definition) is 2. The molecule has 1 heterocycles. The Kier molecular flexibility index (Phi) is 9.22. The first-order chi connectivity index (χ1) is 11.2. The molecule has 0 atom stereocenters. The molecular weight excluding hydrogens is 357 g/mol. The van der Waals surface area contributed by atoms with Gasteiger partial charge in [-0.25, -0.2) is 0 Å². The van der Waals surface area contributed by atoms with Crippen molar-refractivity contribution in [2.24, 2.45) is 5.73 Å². The first-order valence-electron chi connectivity index (χ1n) is 9.03. The van der Waals surface area contributed by atoms with E-state index in [1.807, 2.05) is 0 Å². The first kappa shape index (κ1) is 22.2. The van der Waals surface area contributed by atoms with Crippen LogP contribution < -0.4 is 11.1 Å². The van der Waals surface area contributed by atoms with E-state index in [-0.39, 0.29) is 30.7 Å². The number of carbonyl (C=O) groups is 1. The molecule has 1 aromatic carbocycles. The monoisotopic (exact) mass is 387 g/mol. The van der Waals surface area contributed by atoms with Gasteiger partial charge in [-0.05, 0) is 49.9 Å². The Hall–Kier alpha value is -0.810. The van der Waals surface area contributed by atoms with Crippen molar-refractivity contribution in [1.29, 1.82) is 0 Å². The van der Waals surface area contributed by atoms with Gasteiger partial charge in [0.05, 0.1) is 5.54 Å². The topological polar surface area (TPSA) is 58.4 Å². The summed E-state index contributed by atoms with van der Waals surface area (Å²) in [7, 11) is 0. The number of carbonyl (C=O) groups excluding carboxylic acids is 1. The fourth-order valence-electron chi connectivity index (χ4n) is 3.81. The van der Waals surface area contributed by atoms with E-state index < -0.39 is 5.54 Å². The van der Waals surface area contributed by atoms with Crippen LogP contribution in [-0.2, 0) is 17.9 Å². The minimum absolute atomic E-state index is 0. The summed E-state index contributed by atoms with van der Waals surface area (Å²) in [4.78, 5) is 14.9. The van der Waals surface area contributed by atoms with E-state index in [9.17, 15) is 4.79 Å². The molecule has 1 saturated carbocycles. The summed E-state index contributed by atoms with van der Waals surface area (Å²) in [6, 6.07) is 8.56. The molecule has 1 aliphatic carbocycles. The molecule has 142 valence electrons. The quantitative estimate of drug-likeness (QED) is 0.813. The van der Waals surface area contributed by atoms with Gasteiger partial charge >= 0.3 is 0 Å². The number of halogens is 2. The SMILES string of the molecule is Cl.Cl.NC1(C(=O)NCc2cccc(CN3CCCC3)c2)CCCCC1. The van der Waals surface area contributed by atoms with Crippen LogP contribution in [0.15, 0.2) is 24.3 Å². The molecule has 25 heavy (non-hydrogen) atoms. The molecule has 1 aliphatic heterocycles. The highest BCUT2D eigenvalue weighted by atomic mass is 35.5. The highest BCUT2D eigenvalue weighted by molar-refractivity contribution is 5.86. The third-order valence-corrected chi connectivity index (χ3v) is 5.25. The summed E-state index contributed by atoms with van der Waals surface area (Å²) in [6.07, 6.45) is 7.58. The third-order valence-electron chi connectivity index (χ3n) is 5.25. The minimum atomic E-state index is -0.647. The summed E-state index contributed by atoms with van der Waals surface area (Å²) in [5, 5.41) is 3.05. The summed E-state index contributed by atoms with van der Waals surface area (Å²) in [5.41, 5.74) is 8.13. The summed E-state index contributed by atoms with van der Waals surface area (Å²) < 4.78 is 0. The summed E-state index contributed by atoms with van der Waals surface area (Å²) >= 11 is 0. The van der Waals surface area contributed by atoms with E-state index in [0.29, 0.717) is 6.54 Å². The first-order valence-corrected chi connectivity index (χ1v) is 9.03. The van der Waals surface area contributed by atoms with Gasteiger partial charge in [-0.15, -0.1) is 24.8 Å². The number of benzene rings is 1. The molecule has 3 N–H and O–H groups in total. The number of nitrogens with zero attached hydrogens (tertiary/aromatic N) is 1. The Labute approximate surface area is 163 Å². The van der Waals surface area contributed by atoms with E-state index in [4.69, 9.17) is 5.73 Å². The second-order valence-corrected chi connectivity index (χ2v) is 7.20. The van der Waals surface area contributed by atoms with Crippen LogP contribution in [0.4, 0.5) is 0 Å². The number of likely N-dealkylation sites (tertiary alicyclic amines) is 1. The average molecular weight is 388 g/mol. The molecule has 0 radical (unpaired) electrons. The highest BCUT2D eigenvalue weighted by Crippen LogP contribution is 2.26. The van der Waals surface area contributed by atoms with Crippen molar-refractivity contribution in [1.82, 2.24) is 10.2 Å². The molecule has 1 amide bonds. The van der Waals surface area contributed by atoms with Gasteiger partial charge in [0.15, 0.2) is 0 Å². The van der Waals surface area contributed by atoms with Gasteiger partial charge in [0.1, 0.15) is 0 Å². The maximum Gasteiger partial charge on any atom is 0.240 e. The van der Waals surface area contributed by atoms with Crippen LogP contribution in [0.2, 0.25) is 0 Å². The molecule has 0 unspecified atom stereocenters. The maximum absolute atomic E-state index is 12.4. The van der Waals surface area contributed by atoms with E-state index in [1.165, 1.54) is 37.9 Å². The smallest absolute Gasteiger partial charge is 0.240 e. The second-order valence-electron chi connectivity index (χ2n) is 7.20. The standard InChI is InChI=1S/C19H29N3O.2ClH/c20-19(9-2-1-3-10-19)18(23)21-14-16-7-6-8-17(13-16)15-22-11-4-5-12-22;;/h6-8,13H,1-5,9-12,14-15,20H2,(H,21,23);2*1H. The molecule has 2 fully saturated rings. The van der Waals surface area contributed by atoms with Crippen LogP contribution in [-0.4, -0.2) is 29.4 Å². The molecule has 2 aliphatic rings. The lowest BCUT2D eigenvalue weighted by Gasteiger charge is -2.31. The zero-order valence-corrected chi connectivity index (χ0v) is 16.5. The third kappa shape index (κ3) is 6.14. The van der Waals surface area contributed by atoms with Crippen molar-refractivity contribution >= 4 is 30.7 Å². The fourth-order valence-corrected chi connectivity index (χ4v) is 3.81. The lowest BCUT2D eigenvalue weighted by atomic mass is 9.82. The van der Waals surface area contributed by atoms with Gasteiger partial charge < -0.3 is 11.1 Å². The second kappa shape index (κ2) is 10.4. The predicted octanol–water partition coefficient (Wildman–Crippen LogP) is 3.40. The van der Waals surface area contributed by atoms with Gasteiger partial charge in [0.25, 0.3) is 0 Å². The lowest BCUT2D eigenvalue weighted by Crippen LogP contribution is -2.54. The molecule has 1 aromatic rings. The van der Waals surface area contributed by atoms with Crippen LogP contribution in [0.25, 0.3) is 0 Å². The van der Waals surface area contributed by atoms with Crippen molar-refractivity contribution in [3.8, 4) is 0 Å². The van der Waals surface area contributed by atoms with E-state index in [2.05, 4.69) is 34.5 Å². The minimum Gasteiger partial charge on any atom is -0.350 e. The average Bonchev–Trinajstić information content (AvgIpc) is 3.06. The fraction of sp³-hybridized carbons (Fsp3) is 0.632. The van der Waals surface area contributed by atoms with Crippen LogP contribution in [0.3, 0.4) is 0 Å². The van der Waals surface area contributed by atoms with Crippen LogP contribution in [0.1, 0.15) is 56.1 Å². The zero-order chi connectivity index (χ0) is 16.1. The maximum atomic E-state index is 12.4. The molecule has 1 saturated heterocycles. The molecule has 0 bridgehead atoms.